The molecule has 2 nitrogen and oxygen atoms in total. The lowest BCUT2D eigenvalue weighted by Gasteiger charge is -2.22. The molecular weight excluding hydrogens is 256 g/mol. The number of nitrogen functional groups attached to an aromatic ring is 1. The van der Waals surface area contributed by atoms with Crippen LogP contribution in [0.15, 0.2) is 42.5 Å². The Labute approximate surface area is 127 Å². The van der Waals surface area contributed by atoms with Crippen molar-refractivity contribution in [3.8, 4) is 0 Å². The van der Waals surface area contributed by atoms with Gasteiger partial charge in [0.05, 0.1) is 0 Å². The smallest absolute Gasteiger partial charge is 0.0359 e. The molecule has 2 N–H and O–H groups in total. The monoisotopic (exact) mass is 280 g/mol. The van der Waals surface area contributed by atoms with Gasteiger partial charge in [-0.15, -0.1) is 0 Å². The molecule has 3 rings (SSSR count). The molecule has 1 aliphatic carbocycles. The predicted octanol–water partition coefficient (Wildman–Crippen LogP) is 3.78. The highest BCUT2D eigenvalue weighted by atomic mass is 15.1. The van der Waals surface area contributed by atoms with E-state index in [0.717, 1.165) is 25.3 Å². The third-order valence-electron chi connectivity index (χ3n) is 4.47. The maximum absolute atomic E-state index is 6.06. The number of hydrogen-bond donors (Lipinski definition) is 1. The van der Waals surface area contributed by atoms with Crippen molar-refractivity contribution >= 4 is 5.69 Å². The summed E-state index contributed by atoms with van der Waals surface area (Å²) in [5.74, 6) is 0. The number of nitrogens with zero attached hydrogens (tertiary/aromatic N) is 1. The Bertz CT molecular complexity index is 619. The Balaban J connectivity index is 1.71. The molecule has 0 saturated heterocycles. The molecule has 0 heterocycles. The number of aryl methyl sites for hydroxylation is 2. The van der Waals surface area contributed by atoms with Crippen LogP contribution in [0.25, 0.3) is 0 Å². The Hall–Kier alpha value is -1.80. The van der Waals surface area contributed by atoms with E-state index in [4.69, 9.17) is 5.73 Å². The fourth-order valence-electron chi connectivity index (χ4n) is 3.18. The summed E-state index contributed by atoms with van der Waals surface area (Å²) in [7, 11) is 0. The van der Waals surface area contributed by atoms with Crippen molar-refractivity contribution in [3.05, 3.63) is 64.7 Å². The lowest BCUT2D eigenvalue weighted by Crippen LogP contribution is -2.23. The molecule has 2 aromatic carbocycles. The van der Waals surface area contributed by atoms with Crippen LogP contribution in [0.2, 0.25) is 0 Å². The van der Waals surface area contributed by atoms with Gasteiger partial charge >= 0.3 is 0 Å². The van der Waals surface area contributed by atoms with Gasteiger partial charge in [0.15, 0.2) is 0 Å². The van der Waals surface area contributed by atoms with E-state index < -0.39 is 0 Å². The van der Waals surface area contributed by atoms with E-state index in [1.54, 1.807) is 11.1 Å². The standard InChI is InChI=1S/C19H24N2/c1-2-21(14-18-6-3-4-9-19(18)20)13-15-10-11-16-7-5-8-17(16)12-15/h3-4,6,9-12H,2,5,7-8,13-14,20H2,1H3. The van der Waals surface area contributed by atoms with Crippen LogP contribution in [-0.2, 0) is 25.9 Å². The van der Waals surface area contributed by atoms with E-state index in [1.165, 1.54) is 30.4 Å². The van der Waals surface area contributed by atoms with E-state index >= 15 is 0 Å². The Morgan fingerprint density at radius 1 is 1.00 bits per heavy atom. The van der Waals surface area contributed by atoms with Gasteiger partial charge < -0.3 is 5.73 Å². The molecule has 0 bridgehead atoms. The number of hydrogen-bond acceptors (Lipinski definition) is 2. The second kappa shape index (κ2) is 6.31. The van der Waals surface area contributed by atoms with Crippen molar-refractivity contribution in [2.24, 2.45) is 0 Å². The van der Waals surface area contributed by atoms with E-state index in [0.29, 0.717) is 0 Å². The number of benzene rings is 2. The highest BCUT2D eigenvalue weighted by Gasteiger charge is 2.12. The van der Waals surface area contributed by atoms with E-state index in [2.05, 4.69) is 42.2 Å². The molecule has 0 saturated carbocycles. The van der Waals surface area contributed by atoms with Gasteiger partial charge in [0.1, 0.15) is 0 Å². The number of fused-ring (bicyclic) bond motifs is 1. The molecule has 0 amide bonds. The molecular formula is C19H24N2. The number of nitrogens with two attached hydrogens (primary N) is 1. The molecule has 0 aromatic heterocycles. The lowest BCUT2D eigenvalue weighted by atomic mass is 10.1. The Kier molecular flexibility index (Phi) is 4.26. The number of rotatable bonds is 5. The van der Waals surface area contributed by atoms with Gasteiger partial charge in [0.2, 0.25) is 0 Å². The Morgan fingerprint density at radius 2 is 1.81 bits per heavy atom. The maximum Gasteiger partial charge on any atom is 0.0359 e. The molecule has 0 atom stereocenters. The van der Waals surface area contributed by atoms with Gasteiger partial charge in [0, 0.05) is 18.8 Å². The quantitative estimate of drug-likeness (QED) is 0.845. The highest BCUT2D eigenvalue weighted by Crippen LogP contribution is 2.24. The van der Waals surface area contributed by atoms with Gasteiger partial charge in [-0.3, -0.25) is 4.90 Å². The zero-order chi connectivity index (χ0) is 14.7. The topological polar surface area (TPSA) is 29.3 Å². The largest absolute Gasteiger partial charge is 0.398 e. The van der Waals surface area contributed by atoms with Crippen molar-refractivity contribution < 1.29 is 0 Å². The summed E-state index contributed by atoms with van der Waals surface area (Å²) in [6.45, 7) is 5.16. The summed E-state index contributed by atoms with van der Waals surface area (Å²) in [6, 6.07) is 15.2. The van der Waals surface area contributed by atoms with Crippen LogP contribution < -0.4 is 5.73 Å². The molecule has 0 fully saturated rings. The number of para-hydroxylation sites is 1. The van der Waals surface area contributed by atoms with Gasteiger partial charge in [-0.1, -0.05) is 43.3 Å². The zero-order valence-electron chi connectivity index (χ0n) is 12.8. The molecule has 1 aliphatic rings. The molecule has 2 aromatic rings. The van der Waals surface area contributed by atoms with E-state index in [1.807, 2.05) is 12.1 Å². The molecule has 21 heavy (non-hydrogen) atoms. The first-order valence-corrected chi connectivity index (χ1v) is 7.92. The Morgan fingerprint density at radius 3 is 2.62 bits per heavy atom. The van der Waals surface area contributed by atoms with Crippen LogP contribution in [-0.4, -0.2) is 11.4 Å². The predicted molar refractivity (Wildman–Crippen MR) is 89.1 cm³/mol. The van der Waals surface area contributed by atoms with Gasteiger partial charge in [-0.25, -0.2) is 0 Å². The highest BCUT2D eigenvalue weighted by molar-refractivity contribution is 5.46. The first-order valence-electron chi connectivity index (χ1n) is 7.92. The molecule has 0 radical (unpaired) electrons. The summed E-state index contributed by atoms with van der Waals surface area (Å²) in [4.78, 5) is 2.45. The molecule has 0 unspecified atom stereocenters. The van der Waals surface area contributed by atoms with Gasteiger partial charge in [-0.05, 0) is 54.1 Å². The van der Waals surface area contributed by atoms with Crippen LogP contribution >= 0.6 is 0 Å². The second-order valence-corrected chi connectivity index (χ2v) is 5.96. The normalized spacial score (nSPS) is 13.6. The maximum atomic E-state index is 6.06. The van der Waals surface area contributed by atoms with Crippen LogP contribution in [0.4, 0.5) is 5.69 Å². The summed E-state index contributed by atoms with van der Waals surface area (Å²) < 4.78 is 0. The molecule has 110 valence electrons. The summed E-state index contributed by atoms with van der Waals surface area (Å²) in [5.41, 5.74) is 12.7. The molecule has 0 aliphatic heterocycles. The minimum atomic E-state index is 0.893. The third-order valence-corrected chi connectivity index (χ3v) is 4.47. The zero-order valence-corrected chi connectivity index (χ0v) is 12.8. The SMILES string of the molecule is CCN(Cc1ccc2c(c1)CCC2)Cc1ccccc1N. The van der Waals surface area contributed by atoms with Gasteiger partial charge in [0.25, 0.3) is 0 Å². The van der Waals surface area contributed by atoms with Crippen LogP contribution in [0.3, 0.4) is 0 Å². The summed E-state index contributed by atoms with van der Waals surface area (Å²) >= 11 is 0. The minimum absolute atomic E-state index is 0.893. The fourth-order valence-corrected chi connectivity index (χ4v) is 3.18. The lowest BCUT2D eigenvalue weighted by molar-refractivity contribution is 0.272. The van der Waals surface area contributed by atoms with Gasteiger partial charge in [-0.2, -0.15) is 0 Å². The van der Waals surface area contributed by atoms with E-state index in [-0.39, 0.29) is 0 Å². The second-order valence-electron chi connectivity index (χ2n) is 5.96. The molecule has 2 heteroatoms. The summed E-state index contributed by atoms with van der Waals surface area (Å²) in [6.07, 6.45) is 3.82. The van der Waals surface area contributed by atoms with Crippen LogP contribution in [0.5, 0.6) is 0 Å². The van der Waals surface area contributed by atoms with Crippen molar-refractivity contribution in [2.45, 2.75) is 39.3 Å². The number of anilines is 1. The van der Waals surface area contributed by atoms with Crippen molar-refractivity contribution in [1.82, 2.24) is 4.90 Å². The average Bonchev–Trinajstić information content (AvgIpc) is 2.96. The fraction of sp³-hybridized carbons (Fsp3) is 0.368. The van der Waals surface area contributed by atoms with Crippen molar-refractivity contribution in [3.63, 3.8) is 0 Å². The van der Waals surface area contributed by atoms with Crippen LogP contribution in [0.1, 0.15) is 35.6 Å². The average molecular weight is 280 g/mol. The van der Waals surface area contributed by atoms with Crippen molar-refractivity contribution in [2.75, 3.05) is 12.3 Å². The van der Waals surface area contributed by atoms with E-state index in [9.17, 15) is 0 Å². The van der Waals surface area contributed by atoms with Crippen LogP contribution in [0, 0.1) is 0 Å². The third kappa shape index (κ3) is 3.27. The minimum Gasteiger partial charge on any atom is -0.398 e. The van der Waals surface area contributed by atoms with Crippen molar-refractivity contribution in [1.29, 1.82) is 0 Å². The summed E-state index contributed by atoms with van der Waals surface area (Å²) in [5, 5.41) is 0. The first-order chi connectivity index (χ1) is 10.3. The first kappa shape index (κ1) is 14.2. The molecule has 0 spiro atoms.